The molecule has 2 aromatic heterocycles. The van der Waals surface area contributed by atoms with E-state index in [-0.39, 0.29) is 29.7 Å². The van der Waals surface area contributed by atoms with E-state index in [9.17, 15) is 9.59 Å². The van der Waals surface area contributed by atoms with Crippen LogP contribution in [0.2, 0.25) is 0 Å². The molecule has 4 aliphatic rings. The summed E-state index contributed by atoms with van der Waals surface area (Å²) in [6.07, 6.45) is 6.00. The van der Waals surface area contributed by atoms with Crippen LogP contribution in [0.4, 0.5) is 5.82 Å². The number of hydrogen-bond acceptors (Lipinski definition) is 8. The van der Waals surface area contributed by atoms with E-state index in [2.05, 4.69) is 71.4 Å². The lowest BCUT2D eigenvalue weighted by molar-refractivity contribution is -0.130. The van der Waals surface area contributed by atoms with Gasteiger partial charge in [-0.3, -0.25) is 23.8 Å². The fraction of sp³-hybridized carbons (Fsp3) is 0.500. The van der Waals surface area contributed by atoms with Gasteiger partial charge in [-0.15, -0.1) is 11.8 Å². The van der Waals surface area contributed by atoms with Gasteiger partial charge in [0.25, 0.3) is 0 Å². The summed E-state index contributed by atoms with van der Waals surface area (Å²) in [6.45, 7) is 16.4. The molecule has 2 aromatic carbocycles. The van der Waals surface area contributed by atoms with Gasteiger partial charge in [-0.25, -0.2) is 4.79 Å². The van der Waals surface area contributed by atoms with Crippen LogP contribution in [0, 0.1) is 6.92 Å². The normalized spacial score (nSPS) is 24.0. The van der Waals surface area contributed by atoms with Crippen molar-refractivity contribution in [2.75, 3.05) is 56.5 Å². The quantitative estimate of drug-likeness (QED) is 0.286. The smallest absolute Gasteiger partial charge is 0.350 e. The number of hydrogen-bond donors (Lipinski definition) is 0. The number of aryl methyl sites for hydroxylation is 2. The Kier molecular flexibility index (Phi) is 7.69. The molecule has 1 aliphatic carbocycles. The van der Waals surface area contributed by atoms with Gasteiger partial charge in [0.2, 0.25) is 5.91 Å². The van der Waals surface area contributed by atoms with Crippen molar-refractivity contribution in [3.8, 4) is 11.1 Å². The van der Waals surface area contributed by atoms with Crippen molar-refractivity contribution in [3.63, 3.8) is 0 Å². The summed E-state index contributed by atoms with van der Waals surface area (Å²) in [5.74, 6) is 1.48. The third-order valence-corrected chi connectivity index (χ3v) is 12.0. The van der Waals surface area contributed by atoms with Crippen molar-refractivity contribution in [3.05, 3.63) is 59.2 Å². The maximum absolute atomic E-state index is 14.4. The number of anilines is 1. The highest BCUT2D eigenvalue weighted by Crippen LogP contribution is 2.47. The van der Waals surface area contributed by atoms with E-state index < -0.39 is 0 Å². The zero-order chi connectivity index (χ0) is 32.6. The summed E-state index contributed by atoms with van der Waals surface area (Å²) in [7, 11) is 2.00. The Morgan fingerprint density at radius 1 is 1.09 bits per heavy atom. The van der Waals surface area contributed by atoms with Gasteiger partial charge in [0.1, 0.15) is 5.82 Å². The average molecular weight is 653 g/mol. The van der Waals surface area contributed by atoms with Crippen molar-refractivity contribution >= 4 is 45.3 Å². The molecule has 246 valence electrons. The monoisotopic (exact) mass is 652 g/mol. The topological polar surface area (TPSA) is 82.7 Å². The molecule has 3 aliphatic heterocycles. The van der Waals surface area contributed by atoms with Crippen LogP contribution in [0.5, 0.6) is 0 Å². The molecule has 5 heterocycles. The first-order valence-electron chi connectivity index (χ1n) is 17.0. The van der Waals surface area contributed by atoms with Crippen LogP contribution in [0.25, 0.3) is 32.9 Å². The number of para-hydroxylation sites is 1. The van der Waals surface area contributed by atoms with Crippen LogP contribution in [-0.2, 0) is 11.8 Å². The second kappa shape index (κ2) is 11.8. The van der Waals surface area contributed by atoms with Gasteiger partial charge < -0.3 is 9.80 Å². The van der Waals surface area contributed by atoms with E-state index >= 15 is 0 Å². The maximum atomic E-state index is 14.4. The highest BCUT2D eigenvalue weighted by atomic mass is 32.2. The van der Waals surface area contributed by atoms with E-state index in [1.54, 1.807) is 0 Å². The minimum atomic E-state index is -0.186. The molecule has 10 nitrogen and oxygen atoms in total. The standard InChI is InChI=1S/C36H44N8O2S/c1-6-30(45)43-23(3)18-42(19-24(43)4)35-29-16-22(2)31(28-9-7-8-25-17-37-39(5)32(25)28)34-33(29)44(36(46)38-35)27(21-47-34)20-40-12-14-41(15-13-40)26-10-11-26/h6-9,16-17,23-24,26-27H,1,10-15,18-21H2,2-5H3/t23-,24+,27-/m0/s1. The molecule has 0 radical (unpaired) electrons. The number of benzene rings is 2. The number of piperazine rings is 2. The first kappa shape index (κ1) is 30.7. The largest absolute Gasteiger partial charge is 0.352 e. The lowest BCUT2D eigenvalue weighted by atomic mass is 9.95. The van der Waals surface area contributed by atoms with Crippen molar-refractivity contribution in [1.29, 1.82) is 0 Å². The second-order valence-corrected chi connectivity index (χ2v) is 15.0. The highest BCUT2D eigenvalue weighted by molar-refractivity contribution is 7.99. The molecule has 8 rings (SSSR count). The Balaban J connectivity index is 1.26. The summed E-state index contributed by atoms with van der Waals surface area (Å²) in [6, 6.07) is 9.37. The van der Waals surface area contributed by atoms with Crippen LogP contribution < -0.4 is 10.6 Å². The highest BCUT2D eigenvalue weighted by Gasteiger charge is 2.37. The molecule has 0 N–H and O–H groups in total. The van der Waals surface area contributed by atoms with Gasteiger partial charge in [-0.2, -0.15) is 10.1 Å². The Bertz CT molecular complexity index is 1940. The minimum absolute atomic E-state index is 0.0273. The van der Waals surface area contributed by atoms with E-state index in [1.165, 1.54) is 24.5 Å². The number of amides is 1. The van der Waals surface area contributed by atoms with E-state index in [4.69, 9.17) is 4.98 Å². The predicted octanol–water partition coefficient (Wildman–Crippen LogP) is 4.30. The summed E-state index contributed by atoms with van der Waals surface area (Å²) in [5.41, 5.74) is 5.35. The molecule has 1 amide bonds. The van der Waals surface area contributed by atoms with Gasteiger partial charge in [0, 0.05) is 104 Å². The number of rotatable bonds is 6. The van der Waals surface area contributed by atoms with Crippen LogP contribution >= 0.6 is 11.8 Å². The van der Waals surface area contributed by atoms with Crippen molar-refractivity contribution in [2.24, 2.45) is 7.05 Å². The number of thioether (sulfide) groups is 1. The molecule has 4 aromatic rings. The zero-order valence-corrected chi connectivity index (χ0v) is 28.7. The Morgan fingerprint density at radius 3 is 2.53 bits per heavy atom. The molecule has 2 saturated heterocycles. The molecule has 0 spiro atoms. The summed E-state index contributed by atoms with van der Waals surface area (Å²) < 4.78 is 3.98. The average Bonchev–Trinajstić information content (AvgIpc) is 3.84. The van der Waals surface area contributed by atoms with Gasteiger partial charge in [-0.05, 0) is 51.3 Å². The summed E-state index contributed by atoms with van der Waals surface area (Å²) >= 11 is 1.88. The maximum Gasteiger partial charge on any atom is 0.350 e. The van der Waals surface area contributed by atoms with E-state index in [1.807, 2.05) is 39.2 Å². The van der Waals surface area contributed by atoms with Crippen molar-refractivity contribution in [2.45, 2.75) is 62.7 Å². The van der Waals surface area contributed by atoms with Crippen LogP contribution in [0.3, 0.4) is 0 Å². The predicted molar refractivity (Wildman–Crippen MR) is 189 cm³/mol. The van der Waals surface area contributed by atoms with Crippen LogP contribution in [-0.4, -0.2) is 110 Å². The van der Waals surface area contributed by atoms with Crippen LogP contribution in [0.1, 0.15) is 38.3 Å². The van der Waals surface area contributed by atoms with Gasteiger partial charge in [0.15, 0.2) is 0 Å². The summed E-state index contributed by atoms with van der Waals surface area (Å²) in [5, 5.41) is 6.69. The SMILES string of the molecule is C=CC(=O)N1[C@H](C)CN(c2nc(=O)n3c4c(c(-c5cccc6cnn(C)c56)c(C)cc24)SC[C@@H]3CN2CCN(C3CC3)CC2)C[C@@H]1C. The van der Waals surface area contributed by atoms with Crippen LogP contribution in [0.15, 0.2) is 52.8 Å². The van der Waals surface area contributed by atoms with Crippen molar-refractivity contribution < 1.29 is 4.79 Å². The zero-order valence-electron chi connectivity index (χ0n) is 27.9. The number of carbonyl (C=O) groups excluding carboxylic acids is 1. The first-order chi connectivity index (χ1) is 22.7. The molecule has 3 fully saturated rings. The van der Waals surface area contributed by atoms with Gasteiger partial charge >= 0.3 is 5.69 Å². The Labute approximate surface area is 280 Å². The van der Waals surface area contributed by atoms with E-state index in [0.717, 1.165) is 88.2 Å². The lowest BCUT2D eigenvalue weighted by Crippen LogP contribution is -2.58. The molecular weight excluding hydrogens is 609 g/mol. The number of aromatic nitrogens is 4. The molecule has 0 bridgehead atoms. The second-order valence-electron chi connectivity index (χ2n) is 14.0. The van der Waals surface area contributed by atoms with E-state index in [0.29, 0.717) is 13.1 Å². The fourth-order valence-electron chi connectivity index (χ4n) is 8.45. The molecule has 1 saturated carbocycles. The fourth-order valence-corrected chi connectivity index (χ4v) is 9.82. The lowest BCUT2D eigenvalue weighted by Gasteiger charge is -2.45. The number of nitrogens with zero attached hydrogens (tertiary/aromatic N) is 8. The number of fused-ring (bicyclic) bond motifs is 1. The molecule has 47 heavy (non-hydrogen) atoms. The molecule has 3 atom stereocenters. The number of carbonyl (C=O) groups is 1. The minimum Gasteiger partial charge on any atom is -0.352 e. The molecular formula is C36H44N8O2S. The van der Waals surface area contributed by atoms with Gasteiger partial charge in [-0.1, -0.05) is 24.8 Å². The molecule has 11 heteroatoms. The summed E-state index contributed by atoms with van der Waals surface area (Å²) in [4.78, 5) is 42.4. The third-order valence-electron chi connectivity index (χ3n) is 10.7. The third kappa shape index (κ3) is 5.18. The Hall–Kier alpha value is -3.67. The first-order valence-corrected chi connectivity index (χ1v) is 18.0. The van der Waals surface area contributed by atoms with Crippen molar-refractivity contribution in [1.82, 2.24) is 34.0 Å². The van der Waals surface area contributed by atoms with Gasteiger partial charge in [0.05, 0.1) is 23.3 Å². The molecule has 0 unspecified atom stereocenters. The Morgan fingerprint density at radius 2 is 1.83 bits per heavy atom.